The molecule has 2 unspecified atom stereocenters. The van der Waals surface area contributed by atoms with Crippen LogP contribution >= 0.6 is 11.8 Å². The monoisotopic (exact) mass is 327 g/mol. The summed E-state index contributed by atoms with van der Waals surface area (Å²) in [5, 5.41) is 1.25. The number of hydrogen-bond acceptors (Lipinski definition) is 4. The molecule has 0 N–H and O–H groups in total. The quantitative estimate of drug-likeness (QED) is 0.854. The van der Waals surface area contributed by atoms with Crippen molar-refractivity contribution < 1.29 is 0 Å². The highest BCUT2D eigenvalue weighted by Gasteiger charge is 2.47. The Kier molecular flexibility index (Phi) is 3.87. The largest absolute Gasteiger partial charge is 0.291 e. The number of fused-ring (bicyclic) bond motifs is 3. The molecule has 3 saturated heterocycles. The zero-order chi connectivity index (χ0) is 16.0. The molecule has 2 bridgehead atoms. The molecule has 0 saturated carbocycles. The molecule has 3 aliphatic heterocycles. The van der Waals surface area contributed by atoms with Crippen LogP contribution in [0.1, 0.15) is 25.8 Å². The molecule has 4 heterocycles. The van der Waals surface area contributed by atoms with Gasteiger partial charge in [0.2, 0.25) is 0 Å². The van der Waals surface area contributed by atoms with Crippen LogP contribution in [0, 0.1) is 0 Å². The van der Waals surface area contributed by atoms with E-state index in [1.165, 1.54) is 30.5 Å². The Hall–Kier alpha value is -1.10. The number of piperazine rings is 1. The van der Waals surface area contributed by atoms with Crippen molar-refractivity contribution in [3.05, 3.63) is 42.1 Å². The van der Waals surface area contributed by atoms with E-state index in [0.29, 0.717) is 0 Å². The van der Waals surface area contributed by atoms with Crippen LogP contribution in [0.5, 0.6) is 0 Å². The van der Waals surface area contributed by atoms with Gasteiger partial charge in [-0.05, 0) is 50.3 Å². The van der Waals surface area contributed by atoms with Crippen molar-refractivity contribution in [3.8, 4) is 0 Å². The molecular weight excluding hydrogens is 302 g/mol. The van der Waals surface area contributed by atoms with Gasteiger partial charge in [-0.3, -0.25) is 14.8 Å². The summed E-state index contributed by atoms with van der Waals surface area (Å²) in [6.07, 6.45) is 5.46. The van der Waals surface area contributed by atoms with Crippen LogP contribution < -0.4 is 0 Å². The average molecular weight is 327 g/mol. The van der Waals surface area contributed by atoms with Gasteiger partial charge in [-0.2, -0.15) is 0 Å². The van der Waals surface area contributed by atoms with E-state index in [-0.39, 0.29) is 4.87 Å². The second-order valence-corrected chi connectivity index (χ2v) is 8.71. The summed E-state index contributed by atoms with van der Waals surface area (Å²) in [7, 11) is 0. The summed E-state index contributed by atoms with van der Waals surface area (Å²) in [5.41, 5.74) is 2.51. The molecule has 23 heavy (non-hydrogen) atoms. The molecular formula is C19H25N3S. The van der Waals surface area contributed by atoms with Gasteiger partial charge in [0.25, 0.3) is 0 Å². The zero-order valence-electron chi connectivity index (χ0n) is 14.2. The van der Waals surface area contributed by atoms with Crippen molar-refractivity contribution in [2.24, 2.45) is 0 Å². The fraction of sp³-hybridized carbons (Fsp3) is 0.526. The van der Waals surface area contributed by atoms with Crippen LogP contribution in [0.4, 0.5) is 0 Å². The maximum Gasteiger partial charge on any atom is 0.0702 e. The Labute approximate surface area is 143 Å². The van der Waals surface area contributed by atoms with Gasteiger partial charge in [-0.25, -0.2) is 0 Å². The first-order chi connectivity index (χ1) is 11.1. The van der Waals surface area contributed by atoms with Gasteiger partial charge in [0.15, 0.2) is 0 Å². The second kappa shape index (κ2) is 5.76. The highest BCUT2D eigenvalue weighted by atomic mass is 32.2. The molecule has 0 spiro atoms. The fourth-order valence-electron chi connectivity index (χ4n) is 3.95. The van der Waals surface area contributed by atoms with Gasteiger partial charge in [0.1, 0.15) is 0 Å². The van der Waals surface area contributed by atoms with Crippen molar-refractivity contribution >= 4 is 22.7 Å². The van der Waals surface area contributed by atoms with Gasteiger partial charge in [0.05, 0.1) is 10.4 Å². The van der Waals surface area contributed by atoms with Gasteiger partial charge in [0, 0.05) is 43.3 Å². The second-order valence-electron chi connectivity index (χ2n) is 7.30. The van der Waals surface area contributed by atoms with Crippen LogP contribution in [-0.4, -0.2) is 51.1 Å². The van der Waals surface area contributed by atoms with E-state index in [1.807, 2.05) is 24.0 Å². The SMILES string of the molecule is CSC(C)(C)N1CC2CC(C1)N2Cc1ccc2ncccc2c1. The molecule has 122 valence electrons. The highest BCUT2D eigenvalue weighted by molar-refractivity contribution is 7.99. The van der Waals surface area contributed by atoms with Crippen molar-refractivity contribution in [2.45, 2.75) is 43.8 Å². The van der Waals surface area contributed by atoms with Gasteiger partial charge < -0.3 is 0 Å². The molecule has 5 rings (SSSR count). The van der Waals surface area contributed by atoms with Crippen LogP contribution in [0.3, 0.4) is 0 Å². The Morgan fingerprint density at radius 3 is 2.74 bits per heavy atom. The first kappa shape index (κ1) is 15.4. The van der Waals surface area contributed by atoms with E-state index in [4.69, 9.17) is 0 Å². The minimum absolute atomic E-state index is 0.262. The van der Waals surface area contributed by atoms with Crippen LogP contribution in [0.25, 0.3) is 10.9 Å². The standard InChI is InChI=1S/C19H25N3S/c1-19(2,23-3)21-12-16-10-17(13-21)22(16)11-14-6-7-18-15(9-14)5-4-8-20-18/h4-9,16-17H,10-13H2,1-3H3. The summed E-state index contributed by atoms with van der Waals surface area (Å²) < 4.78 is 0. The van der Waals surface area contributed by atoms with Gasteiger partial charge in [-0.15, -0.1) is 11.8 Å². The van der Waals surface area contributed by atoms with Gasteiger partial charge in [-0.1, -0.05) is 12.1 Å². The van der Waals surface area contributed by atoms with Gasteiger partial charge >= 0.3 is 0 Å². The Morgan fingerprint density at radius 2 is 2.00 bits per heavy atom. The lowest BCUT2D eigenvalue weighted by atomic mass is 9.86. The normalized spacial score (nSPS) is 25.5. The Bertz CT molecular complexity index is 703. The first-order valence-electron chi connectivity index (χ1n) is 8.46. The highest BCUT2D eigenvalue weighted by Crippen LogP contribution is 2.39. The molecule has 2 aromatic rings. The Morgan fingerprint density at radius 1 is 1.22 bits per heavy atom. The third-order valence-corrected chi connectivity index (χ3v) is 6.90. The maximum atomic E-state index is 4.42. The summed E-state index contributed by atoms with van der Waals surface area (Å²) in [6, 6.07) is 12.3. The molecule has 4 heteroatoms. The van der Waals surface area contributed by atoms with Crippen LogP contribution in [0.15, 0.2) is 36.5 Å². The summed E-state index contributed by atoms with van der Waals surface area (Å²) in [5.74, 6) is 0. The van der Waals surface area contributed by atoms with E-state index in [2.05, 4.69) is 59.2 Å². The molecule has 1 aromatic heterocycles. The van der Waals surface area contributed by atoms with E-state index >= 15 is 0 Å². The number of piperidine rings is 1. The topological polar surface area (TPSA) is 19.4 Å². The third kappa shape index (κ3) is 2.77. The molecule has 3 fully saturated rings. The van der Waals surface area contributed by atoms with E-state index in [1.54, 1.807) is 0 Å². The maximum absolute atomic E-state index is 4.42. The first-order valence-corrected chi connectivity index (χ1v) is 9.69. The number of hydrogen-bond donors (Lipinski definition) is 0. The number of pyridine rings is 1. The van der Waals surface area contributed by atoms with Crippen LogP contribution in [0.2, 0.25) is 0 Å². The lowest BCUT2D eigenvalue weighted by Crippen LogP contribution is -2.70. The number of thioether (sulfide) groups is 1. The predicted molar refractivity (Wildman–Crippen MR) is 98.6 cm³/mol. The molecule has 2 atom stereocenters. The molecule has 0 aliphatic carbocycles. The summed E-state index contributed by atoms with van der Waals surface area (Å²) in [6.45, 7) is 8.19. The molecule has 1 aromatic carbocycles. The Balaban J connectivity index is 1.46. The van der Waals surface area contributed by atoms with Crippen molar-refractivity contribution in [1.29, 1.82) is 0 Å². The third-order valence-electron chi connectivity index (χ3n) is 5.64. The van der Waals surface area contributed by atoms with E-state index in [0.717, 1.165) is 24.1 Å². The van der Waals surface area contributed by atoms with Crippen LogP contribution in [-0.2, 0) is 6.54 Å². The summed E-state index contributed by atoms with van der Waals surface area (Å²) >= 11 is 1.96. The van der Waals surface area contributed by atoms with Crippen molar-refractivity contribution in [2.75, 3.05) is 19.3 Å². The van der Waals surface area contributed by atoms with E-state index < -0.39 is 0 Å². The minimum Gasteiger partial charge on any atom is -0.291 e. The van der Waals surface area contributed by atoms with Crippen molar-refractivity contribution in [3.63, 3.8) is 0 Å². The summed E-state index contributed by atoms with van der Waals surface area (Å²) in [4.78, 5) is 10.0. The molecule has 3 aliphatic rings. The fourth-order valence-corrected chi connectivity index (χ4v) is 4.36. The lowest BCUT2D eigenvalue weighted by Gasteiger charge is -2.59. The lowest BCUT2D eigenvalue weighted by molar-refractivity contribution is -0.0882. The molecule has 0 radical (unpaired) electrons. The zero-order valence-corrected chi connectivity index (χ0v) is 15.0. The average Bonchev–Trinajstić information content (AvgIpc) is 2.59. The number of aromatic nitrogens is 1. The predicted octanol–water partition coefficient (Wildman–Crippen LogP) is 3.59. The van der Waals surface area contributed by atoms with Crippen molar-refractivity contribution in [1.82, 2.24) is 14.8 Å². The van der Waals surface area contributed by atoms with E-state index in [9.17, 15) is 0 Å². The number of rotatable bonds is 4. The number of benzene rings is 1. The smallest absolute Gasteiger partial charge is 0.0702 e. The number of nitrogens with zero attached hydrogens (tertiary/aromatic N) is 3. The minimum atomic E-state index is 0.262. The molecule has 0 amide bonds. The molecule has 3 nitrogen and oxygen atoms in total.